The normalized spacial score (nSPS) is 20.7. The molecular formula is C17H23ClN2O4. The lowest BCUT2D eigenvalue weighted by atomic mass is 9.89. The third-order valence-corrected chi connectivity index (χ3v) is 4.39. The van der Waals surface area contributed by atoms with Crippen LogP contribution in [-0.4, -0.2) is 47.1 Å². The number of aliphatic hydroxyl groups is 1. The predicted molar refractivity (Wildman–Crippen MR) is 90.9 cm³/mol. The van der Waals surface area contributed by atoms with Crippen LogP contribution in [0.15, 0.2) is 18.2 Å². The summed E-state index contributed by atoms with van der Waals surface area (Å²) in [7, 11) is 0. The number of halogens is 1. The first kappa shape index (κ1) is 18.5. The Bertz CT molecular complexity index is 623. The summed E-state index contributed by atoms with van der Waals surface area (Å²) >= 11 is 6.14. The molecule has 1 aliphatic rings. The van der Waals surface area contributed by atoms with Crippen LogP contribution in [0.2, 0.25) is 5.02 Å². The standard InChI is InChI=1S/C17H23ClN2O4/c1-2-24-16-12(5-3-6-13(16)18)9-15(22)20-8-4-7-17(23,11-20)10-14(19)21/h3,5-6,23H,2,4,7-11H2,1H3,(H2,19,21). The number of likely N-dealkylation sites (tertiary alicyclic amines) is 1. The highest BCUT2D eigenvalue weighted by Gasteiger charge is 2.36. The van der Waals surface area contributed by atoms with Crippen molar-refractivity contribution in [2.45, 2.75) is 38.2 Å². The first-order chi connectivity index (χ1) is 11.3. The zero-order valence-corrected chi connectivity index (χ0v) is 14.5. The molecule has 3 N–H and O–H groups in total. The third-order valence-electron chi connectivity index (χ3n) is 4.09. The molecule has 0 bridgehead atoms. The highest BCUT2D eigenvalue weighted by molar-refractivity contribution is 6.32. The minimum absolute atomic E-state index is 0.110. The second-order valence-electron chi connectivity index (χ2n) is 6.12. The molecule has 0 radical (unpaired) electrons. The molecular weight excluding hydrogens is 332 g/mol. The maximum atomic E-state index is 12.6. The summed E-state index contributed by atoms with van der Waals surface area (Å²) in [6.45, 7) is 2.96. The van der Waals surface area contributed by atoms with Crippen LogP contribution in [0.3, 0.4) is 0 Å². The number of nitrogens with two attached hydrogens (primary N) is 1. The molecule has 0 aromatic heterocycles. The first-order valence-electron chi connectivity index (χ1n) is 8.03. The van der Waals surface area contributed by atoms with Crippen LogP contribution in [-0.2, 0) is 16.0 Å². The summed E-state index contributed by atoms with van der Waals surface area (Å²) in [6.07, 6.45) is 1.07. The van der Waals surface area contributed by atoms with Crippen LogP contribution in [0.5, 0.6) is 5.75 Å². The Morgan fingerprint density at radius 2 is 2.21 bits per heavy atom. The summed E-state index contributed by atoms with van der Waals surface area (Å²) < 4.78 is 5.54. The van der Waals surface area contributed by atoms with Gasteiger partial charge in [-0.1, -0.05) is 23.7 Å². The summed E-state index contributed by atoms with van der Waals surface area (Å²) in [5.74, 6) is -0.194. The number of para-hydroxylation sites is 1. The lowest BCUT2D eigenvalue weighted by Gasteiger charge is -2.38. The Kier molecular flexibility index (Phi) is 6.07. The minimum Gasteiger partial charge on any atom is -0.492 e. The molecule has 0 spiro atoms. The number of nitrogens with zero attached hydrogens (tertiary/aromatic N) is 1. The van der Waals surface area contributed by atoms with Gasteiger partial charge in [0.25, 0.3) is 0 Å². The smallest absolute Gasteiger partial charge is 0.227 e. The summed E-state index contributed by atoms with van der Waals surface area (Å²) in [5, 5.41) is 10.9. The monoisotopic (exact) mass is 354 g/mol. The van der Waals surface area contributed by atoms with Gasteiger partial charge < -0.3 is 20.5 Å². The highest BCUT2D eigenvalue weighted by atomic mass is 35.5. The van der Waals surface area contributed by atoms with Gasteiger partial charge in [0.1, 0.15) is 5.75 Å². The van der Waals surface area contributed by atoms with E-state index in [1.54, 1.807) is 23.1 Å². The second kappa shape index (κ2) is 7.85. The number of amides is 2. The third kappa shape index (κ3) is 4.61. The Morgan fingerprint density at radius 3 is 2.88 bits per heavy atom. The van der Waals surface area contributed by atoms with Crippen molar-refractivity contribution in [3.8, 4) is 5.75 Å². The van der Waals surface area contributed by atoms with E-state index in [1.165, 1.54) is 0 Å². The molecule has 1 aliphatic heterocycles. The molecule has 2 rings (SSSR count). The Labute approximate surface area is 146 Å². The van der Waals surface area contributed by atoms with E-state index in [0.717, 1.165) is 0 Å². The number of hydrogen-bond acceptors (Lipinski definition) is 4. The maximum Gasteiger partial charge on any atom is 0.227 e. The van der Waals surface area contributed by atoms with Crippen molar-refractivity contribution in [3.63, 3.8) is 0 Å². The molecule has 1 heterocycles. The molecule has 1 aromatic carbocycles. The van der Waals surface area contributed by atoms with Gasteiger partial charge >= 0.3 is 0 Å². The molecule has 132 valence electrons. The summed E-state index contributed by atoms with van der Waals surface area (Å²) in [4.78, 5) is 25.3. The lowest BCUT2D eigenvalue weighted by Crippen LogP contribution is -2.52. The van der Waals surface area contributed by atoms with E-state index in [2.05, 4.69) is 0 Å². The van der Waals surface area contributed by atoms with Crippen LogP contribution < -0.4 is 10.5 Å². The van der Waals surface area contributed by atoms with Gasteiger partial charge in [0, 0.05) is 18.7 Å². The van der Waals surface area contributed by atoms with Crippen molar-refractivity contribution >= 4 is 23.4 Å². The van der Waals surface area contributed by atoms with Crippen molar-refractivity contribution in [2.75, 3.05) is 19.7 Å². The van der Waals surface area contributed by atoms with Crippen LogP contribution in [0.1, 0.15) is 31.7 Å². The number of rotatable bonds is 6. The predicted octanol–water partition coefficient (Wildman–Crippen LogP) is 1.51. The molecule has 6 nitrogen and oxygen atoms in total. The van der Waals surface area contributed by atoms with Crippen LogP contribution >= 0.6 is 11.6 Å². The van der Waals surface area contributed by atoms with Crippen molar-refractivity contribution in [2.24, 2.45) is 5.73 Å². The number of benzene rings is 1. The van der Waals surface area contributed by atoms with E-state index in [4.69, 9.17) is 22.1 Å². The SMILES string of the molecule is CCOc1c(Cl)cccc1CC(=O)N1CCCC(O)(CC(N)=O)C1. The van der Waals surface area contributed by atoms with E-state index in [-0.39, 0.29) is 25.3 Å². The molecule has 24 heavy (non-hydrogen) atoms. The molecule has 0 saturated carbocycles. The van der Waals surface area contributed by atoms with Gasteiger partial charge in [0.2, 0.25) is 11.8 Å². The minimum atomic E-state index is -1.24. The number of carbonyl (C=O) groups is 2. The molecule has 1 aromatic rings. The number of hydrogen-bond donors (Lipinski definition) is 2. The molecule has 1 fully saturated rings. The fraction of sp³-hybridized carbons (Fsp3) is 0.529. The van der Waals surface area contributed by atoms with E-state index < -0.39 is 11.5 Å². The Balaban J connectivity index is 2.10. The fourth-order valence-electron chi connectivity index (χ4n) is 3.07. The summed E-state index contributed by atoms with van der Waals surface area (Å²) in [5.41, 5.74) is 4.66. The summed E-state index contributed by atoms with van der Waals surface area (Å²) in [6, 6.07) is 5.29. The molecule has 1 unspecified atom stereocenters. The Morgan fingerprint density at radius 1 is 1.46 bits per heavy atom. The topological polar surface area (TPSA) is 92.9 Å². The fourth-order valence-corrected chi connectivity index (χ4v) is 3.32. The van der Waals surface area contributed by atoms with E-state index in [1.807, 2.05) is 6.92 Å². The number of primary amides is 1. The highest BCUT2D eigenvalue weighted by Crippen LogP contribution is 2.30. The number of ether oxygens (including phenoxy) is 1. The zero-order chi connectivity index (χ0) is 17.7. The maximum absolute atomic E-state index is 12.6. The molecule has 7 heteroatoms. The molecule has 0 aliphatic carbocycles. The number of β-amino-alcohol motifs (C(OH)–C–C–N with tert-alkyl or cyclic N) is 1. The van der Waals surface area contributed by atoms with E-state index in [9.17, 15) is 14.7 Å². The van der Waals surface area contributed by atoms with E-state index >= 15 is 0 Å². The van der Waals surface area contributed by atoms with Gasteiger partial charge in [-0.25, -0.2) is 0 Å². The average Bonchev–Trinajstić information content (AvgIpc) is 2.49. The van der Waals surface area contributed by atoms with Crippen LogP contribution in [0.4, 0.5) is 0 Å². The van der Waals surface area contributed by atoms with Crippen molar-refractivity contribution in [3.05, 3.63) is 28.8 Å². The van der Waals surface area contributed by atoms with Crippen LogP contribution in [0.25, 0.3) is 0 Å². The van der Waals surface area contributed by atoms with Crippen molar-refractivity contribution < 1.29 is 19.4 Å². The van der Waals surface area contributed by atoms with E-state index in [0.29, 0.717) is 42.3 Å². The quantitative estimate of drug-likeness (QED) is 0.809. The second-order valence-corrected chi connectivity index (χ2v) is 6.53. The van der Waals surface area contributed by atoms with Crippen LogP contribution in [0, 0.1) is 0 Å². The van der Waals surface area contributed by atoms with Gasteiger partial charge in [-0.15, -0.1) is 0 Å². The van der Waals surface area contributed by atoms with Crippen molar-refractivity contribution in [1.29, 1.82) is 0 Å². The first-order valence-corrected chi connectivity index (χ1v) is 8.41. The number of carbonyl (C=O) groups excluding carboxylic acids is 2. The largest absolute Gasteiger partial charge is 0.492 e. The molecule has 2 amide bonds. The van der Waals surface area contributed by atoms with Gasteiger partial charge in [0.05, 0.1) is 30.1 Å². The average molecular weight is 355 g/mol. The lowest BCUT2D eigenvalue weighted by molar-refractivity contribution is -0.141. The van der Waals surface area contributed by atoms with Gasteiger partial charge in [-0.05, 0) is 25.8 Å². The molecule has 1 atom stereocenters. The Hall–Kier alpha value is -1.79. The van der Waals surface area contributed by atoms with Crippen molar-refractivity contribution in [1.82, 2.24) is 4.90 Å². The van der Waals surface area contributed by atoms with Gasteiger partial charge in [-0.3, -0.25) is 9.59 Å². The molecule has 1 saturated heterocycles. The zero-order valence-electron chi connectivity index (χ0n) is 13.8. The number of piperidine rings is 1. The van der Waals surface area contributed by atoms with Gasteiger partial charge in [0.15, 0.2) is 0 Å². The van der Waals surface area contributed by atoms with Gasteiger partial charge in [-0.2, -0.15) is 0 Å².